The number of morpholine rings is 1. The number of hydrogen-bond acceptors (Lipinski definition) is 5. The van der Waals surface area contributed by atoms with E-state index in [2.05, 4.69) is 45.4 Å². The summed E-state index contributed by atoms with van der Waals surface area (Å²) in [7, 11) is 1.69. The largest absolute Gasteiger partial charge is 0.497 e. The second-order valence-corrected chi connectivity index (χ2v) is 6.31. The molecule has 0 unspecified atom stereocenters. The first kappa shape index (κ1) is 15.8. The van der Waals surface area contributed by atoms with Gasteiger partial charge < -0.3 is 14.4 Å². The van der Waals surface area contributed by atoms with Gasteiger partial charge in [-0.3, -0.25) is 0 Å². The standard InChI is InChI=1S/C20H21N3O2/c1-14-3-8-20(22-21-14)23-9-10-25-19(13-23)17-5-4-16-12-18(24-2)7-6-15(16)11-17/h3-8,11-12,19H,9-10,13H2,1-2H3/t19-/m0/s1. The molecule has 5 heteroatoms. The van der Waals surface area contributed by atoms with Crippen LogP contribution in [-0.2, 0) is 4.74 Å². The minimum Gasteiger partial charge on any atom is -0.497 e. The molecule has 1 fully saturated rings. The van der Waals surface area contributed by atoms with E-state index in [-0.39, 0.29) is 6.10 Å². The number of anilines is 1. The van der Waals surface area contributed by atoms with Gasteiger partial charge >= 0.3 is 0 Å². The first-order valence-electron chi connectivity index (χ1n) is 8.47. The molecule has 2 aromatic carbocycles. The normalized spacial score (nSPS) is 17.7. The van der Waals surface area contributed by atoms with E-state index < -0.39 is 0 Å². The predicted molar refractivity (Wildman–Crippen MR) is 98.2 cm³/mol. The number of methoxy groups -OCH3 is 1. The van der Waals surface area contributed by atoms with Crippen molar-refractivity contribution in [2.24, 2.45) is 0 Å². The van der Waals surface area contributed by atoms with E-state index in [0.717, 1.165) is 30.4 Å². The monoisotopic (exact) mass is 335 g/mol. The van der Waals surface area contributed by atoms with E-state index >= 15 is 0 Å². The topological polar surface area (TPSA) is 47.5 Å². The number of hydrogen-bond donors (Lipinski definition) is 0. The second-order valence-electron chi connectivity index (χ2n) is 6.31. The molecule has 0 bridgehead atoms. The highest BCUT2D eigenvalue weighted by molar-refractivity contribution is 5.84. The summed E-state index contributed by atoms with van der Waals surface area (Å²) in [6, 6.07) is 16.6. The van der Waals surface area contributed by atoms with Crippen LogP contribution in [0.15, 0.2) is 48.5 Å². The highest BCUT2D eigenvalue weighted by Gasteiger charge is 2.23. The van der Waals surface area contributed by atoms with E-state index in [1.54, 1.807) is 7.11 Å². The molecule has 128 valence electrons. The van der Waals surface area contributed by atoms with Gasteiger partial charge in [0.1, 0.15) is 11.9 Å². The van der Waals surface area contributed by atoms with Crippen molar-refractivity contribution in [1.82, 2.24) is 10.2 Å². The fraction of sp³-hybridized carbons (Fsp3) is 0.300. The Morgan fingerprint density at radius 3 is 2.68 bits per heavy atom. The fourth-order valence-electron chi connectivity index (χ4n) is 3.19. The van der Waals surface area contributed by atoms with Gasteiger partial charge in [-0.05, 0) is 53.6 Å². The van der Waals surface area contributed by atoms with Crippen molar-refractivity contribution in [1.29, 1.82) is 0 Å². The van der Waals surface area contributed by atoms with Gasteiger partial charge in [0, 0.05) is 13.1 Å². The zero-order valence-electron chi connectivity index (χ0n) is 14.5. The first-order valence-corrected chi connectivity index (χ1v) is 8.47. The number of aromatic nitrogens is 2. The molecule has 4 rings (SSSR count). The van der Waals surface area contributed by atoms with E-state index in [1.807, 2.05) is 25.1 Å². The SMILES string of the molecule is COc1ccc2cc([C@@H]3CN(c4ccc(C)nn4)CCO3)ccc2c1. The molecule has 5 nitrogen and oxygen atoms in total. The van der Waals surface area contributed by atoms with Crippen LogP contribution in [0.5, 0.6) is 5.75 Å². The molecule has 1 aliphatic heterocycles. The van der Waals surface area contributed by atoms with Gasteiger partial charge in [-0.15, -0.1) is 5.10 Å². The molecule has 3 aromatic rings. The molecule has 1 aromatic heterocycles. The third kappa shape index (κ3) is 3.28. The summed E-state index contributed by atoms with van der Waals surface area (Å²) >= 11 is 0. The Kier molecular flexibility index (Phi) is 4.24. The Morgan fingerprint density at radius 2 is 1.88 bits per heavy atom. The quantitative estimate of drug-likeness (QED) is 0.733. The van der Waals surface area contributed by atoms with Gasteiger partial charge in [0.2, 0.25) is 0 Å². The maximum atomic E-state index is 6.02. The molecule has 0 aliphatic carbocycles. The number of fused-ring (bicyclic) bond motifs is 1. The Bertz CT molecular complexity index is 880. The van der Waals surface area contributed by atoms with Crippen molar-refractivity contribution >= 4 is 16.6 Å². The average molecular weight is 335 g/mol. The predicted octanol–water partition coefficient (Wildman–Crippen LogP) is 3.52. The van der Waals surface area contributed by atoms with E-state index in [1.165, 1.54) is 16.3 Å². The third-order valence-corrected chi connectivity index (χ3v) is 4.62. The molecule has 0 radical (unpaired) electrons. The van der Waals surface area contributed by atoms with E-state index in [4.69, 9.17) is 9.47 Å². The molecular formula is C20H21N3O2. The number of rotatable bonds is 3. The van der Waals surface area contributed by atoms with Crippen LogP contribution in [0.3, 0.4) is 0 Å². The molecule has 2 heterocycles. The van der Waals surface area contributed by atoms with Crippen LogP contribution in [-0.4, -0.2) is 37.0 Å². The Labute approximate surface area is 147 Å². The van der Waals surface area contributed by atoms with Gasteiger partial charge in [0.25, 0.3) is 0 Å². The van der Waals surface area contributed by atoms with Gasteiger partial charge in [-0.2, -0.15) is 5.10 Å². The summed E-state index contributed by atoms with van der Waals surface area (Å²) in [5.74, 6) is 1.78. The highest BCUT2D eigenvalue weighted by Crippen LogP contribution is 2.29. The van der Waals surface area contributed by atoms with Crippen molar-refractivity contribution in [3.8, 4) is 5.75 Å². The fourth-order valence-corrected chi connectivity index (χ4v) is 3.19. The highest BCUT2D eigenvalue weighted by atomic mass is 16.5. The van der Waals surface area contributed by atoms with Gasteiger partial charge in [0.05, 0.1) is 19.4 Å². The van der Waals surface area contributed by atoms with Crippen LogP contribution in [0.2, 0.25) is 0 Å². The molecule has 25 heavy (non-hydrogen) atoms. The van der Waals surface area contributed by atoms with Crippen LogP contribution < -0.4 is 9.64 Å². The van der Waals surface area contributed by atoms with Crippen molar-refractivity contribution in [3.63, 3.8) is 0 Å². The number of aryl methyl sites for hydroxylation is 1. The summed E-state index contributed by atoms with van der Waals surface area (Å²) in [6.45, 7) is 4.24. The van der Waals surface area contributed by atoms with Crippen LogP contribution in [0.4, 0.5) is 5.82 Å². The molecule has 1 saturated heterocycles. The van der Waals surface area contributed by atoms with Crippen LogP contribution in [0, 0.1) is 6.92 Å². The summed E-state index contributed by atoms with van der Waals surface area (Å²) in [5, 5.41) is 10.8. The molecule has 0 N–H and O–H groups in total. The lowest BCUT2D eigenvalue weighted by Gasteiger charge is -2.33. The van der Waals surface area contributed by atoms with Gasteiger partial charge in [-0.25, -0.2) is 0 Å². The molecule has 0 spiro atoms. The summed E-state index contributed by atoms with van der Waals surface area (Å²) < 4.78 is 11.3. The van der Waals surface area contributed by atoms with Crippen LogP contribution >= 0.6 is 0 Å². The van der Waals surface area contributed by atoms with Crippen LogP contribution in [0.1, 0.15) is 17.4 Å². The molecule has 0 amide bonds. The molecule has 1 atom stereocenters. The third-order valence-electron chi connectivity index (χ3n) is 4.62. The first-order chi connectivity index (χ1) is 12.2. The molecular weight excluding hydrogens is 314 g/mol. The Morgan fingerprint density at radius 1 is 1.04 bits per heavy atom. The Hall–Kier alpha value is -2.66. The molecule has 0 saturated carbocycles. The van der Waals surface area contributed by atoms with Crippen LogP contribution in [0.25, 0.3) is 10.8 Å². The maximum absolute atomic E-state index is 6.02. The number of nitrogens with zero attached hydrogens (tertiary/aromatic N) is 3. The lowest BCUT2D eigenvalue weighted by molar-refractivity contribution is 0.0395. The lowest BCUT2D eigenvalue weighted by Crippen LogP contribution is -2.39. The van der Waals surface area contributed by atoms with E-state index in [9.17, 15) is 0 Å². The summed E-state index contributed by atoms with van der Waals surface area (Å²) in [5.41, 5.74) is 2.11. The van der Waals surface area contributed by atoms with Crippen molar-refractivity contribution in [2.75, 3.05) is 31.7 Å². The molecule has 1 aliphatic rings. The minimum absolute atomic E-state index is 0.0309. The zero-order chi connectivity index (χ0) is 17.2. The summed E-state index contributed by atoms with van der Waals surface area (Å²) in [4.78, 5) is 2.23. The number of ether oxygens (including phenoxy) is 2. The smallest absolute Gasteiger partial charge is 0.151 e. The van der Waals surface area contributed by atoms with E-state index in [0.29, 0.717) is 6.61 Å². The minimum atomic E-state index is 0.0309. The van der Waals surface area contributed by atoms with Crippen molar-refractivity contribution in [3.05, 3.63) is 59.8 Å². The van der Waals surface area contributed by atoms with Crippen molar-refractivity contribution in [2.45, 2.75) is 13.0 Å². The average Bonchev–Trinajstić information content (AvgIpc) is 2.68. The van der Waals surface area contributed by atoms with Crippen molar-refractivity contribution < 1.29 is 9.47 Å². The number of benzene rings is 2. The Balaban J connectivity index is 1.58. The van der Waals surface area contributed by atoms with Gasteiger partial charge in [-0.1, -0.05) is 18.2 Å². The zero-order valence-corrected chi connectivity index (χ0v) is 14.5. The summed E-state index contributed by atoms with van der Waals surface area (Å²) in [6.07, 6.45) is 0.0309. The second kappa shape index (κ2) is 6.69. The van der Waals surface area contributed by atoms with Gasteiger partial charge in [0.15, 0.2) is 5.82 Å². The maximum Gasteiger partial charge on any atom is 0.151 e. The lowest BCUT2D eigenvalue weighted by atomic mass is 10.0.